The molecular weight excluding hydrogens is 452 g/mol. The van der Waals surface area contributed by atoms with Crippen molar-refractivity contribution in [1.82, 2.24) is 9.29 Å². The summed E-state index contributed by atoms with van der Waals surface area (Å²) < 4.78 is 54.4. The zero-order valence-electron chi connectivity index (χ0n) is 16.0. The minimum absolute atomic E-state index is 0.00420. The van der Waals surface area contributed by atoms with E-state index >= 15 is 0 Å². The summed E-state index contributed by atoms with van der Waals surface area (Å²) in [5, 5.41) is 2.84. The molecule has 30 heavy (non-hydrogen) atoms. The minimum Gasteiger partial charge on any atom is -0.345 e. The second-order valence-corrected chi connectivity index (χ2v) is 10.2. The molecule has 1 aliphatic rings. The Morgan fingerprint density at radius 2 is 1.77 bits per heavy atom. The van der Waals surface area contributed by atoms with E-state index in [4.69, 9.17) is 11.6 Å². The van der Waals surface area contributed by atoms with Crippen molar-refractivity contribution in [3.8, 4) is 11.3 Å². The first-order chi connectivity index (χ1) is 14.2. The Kier molecular flexibility index (Phi) is 5.80. The maximum absolute atomic E-state index is 13.6. The molecule has 2 heterocycles. The van der Waals surface area contributed by atoms with Crippen LogP contribution in [-0.2, 0) is 10.0 Å². The molecule has 0 atom stereocenters. The van der Waals surface area contributed by atoms with Crippen molar-refractivity contribution in [3.63, 3.8) is 0 Å². The van der Waals surface area contributed by atoms with Gasteiger partial charge in [0.25, 0.3) is 0 Å². The lowest BCUT2D eigenvalue weighted by Crippen LogP contribution is -2.48. The van der Waals surface area contributed by atoms with E-state index in [1.54, 1.807) is 13.0 Å². The molecule has 0 amide bonds. The summed E-state index contributed by atoms with van der Waals surface area (Å²) in [6.45, 7) is 3.07. The van der Waals surface area contributed by atoms with E-state index < -0.39 is 21.7 Å². The summed E-state index contributed by atoms with van der Waals surface area (Å²) in [6.07, 6.45) is 0. The molecule has 1 aromatic heterocycles. The van der Waals surface area contributed by atoms with Gasteiger partial charge in [0.05, 0.1) is 10.6 Å². The number of halogens is 3. The Hall–Kier alpha value is -2.07. The van der Waals surface area contributed by atoms with Gasteiger partial charge in [-0.15, -0.1) is 11.3 Å². The number of rotatable bonds is 4. The second-order valence-electron chi connectivity index (χ2n) is 6.97. The molecule has 0 unspecified atom stereocenters. The molecule has 1 aliphatic heterocycles. The van der Waals surface area contributed by atoms with Crippen LogP contribution in [0.15, 0.2) is 46.7 Å². The van der Waals surface area contributed by atoms with Crippen LogP contribution in [0.1, 0.15) is 5.56 Å². The number of hydrogen-bond acceptors (Lipinski definition) is 5. The summed E-state index contributed by atoms with van der Waals surface area (Å²) in [7, 11) is -3.77. The molecule has 0 aliphatic carbocycles. The van der Waals surface area contributed by atoms with Crippen molar-refractivity contribution in [2.75, 3.05) is 31.1 Å². The summed E-state index contributed by atoms with van der Waals surface area (Å²) in [5.41, 5.74) is 1.71. The van der Waals surface area contributed by atoms with Crippen molar-refractivity contribution in [3.05, 3.63) is 64.0 Å². The zero-order chi connectivity index (χ0) is 21.5. The Morgan fingerprint density at radius 3 is 2.47 bits per heavy atom. The monoisotopic (exact) mass is 469 g/mol. The molecule has 1 fully saturated rings. The minimum atomic E-state index is -3.77. The van der Waals surface area contributed by atoms with Crippen molar-refractivity contribution >= 4 is 38.1 Å². The lowest BCUT2D eigenvalue weighted by molar-refractivity contribution is 0.384. The quantitative estimate of drug-likeness (QED) is 0.562. The number of benzene rings is 2. The molecule has 0 N–H and O–H groups in total. The van der Waals surface area contributed by atoms with Crippen molar-refractivity contribution in [2.45, 2.75) is 11.8 Å². The van der Waals surface area contributed by atoms with Gasteiger partial charge in [0, 0.05) is 42.1 Å². The molecule has 4 rings (SSSR count). The van der Waals surface area contributed by atoms with Crippen LogP contribution in [0.25, 0.3) is 11.3 Å². The third-order valence-corrected chi connectivity index (χ3v) is 8.09. The van der Waals surface area contributed by atoms with Gasteiger partial charge in [0.1, 0.15) is 11.6 Å². The standard InChI is InChI=1S/C20H18ClF2N3O2S2/c1-13-2-3-16(22)11-19(13)30(27,28)26-6-4-25(5-7-26)20-24-18(12-29-20)14-8-15(21)10-17(23)9-14/h2-3,8-12H,4-7H2,1H3. The van der Waals surface area contributed by atoms with Gasteiger partial charge >= 0.3 is 0 Å². The van der Waals surface area contributed by atoms with E-state index in [0.29, 0.717) is 34.9 Å². The fraction of sp³-hybridized carbons (Fsp3) is 0.250. The normalized spacial score (nSPS) is 15.5. The molecule has 10 heteroatoms. The number of hydrogen-bond donors (Lipinski definition) is 0. The zero-order valence-corrected chi connectivity index (χ0v) is 18.4. The first-order valence-corrected chi connectivity index (χ1v) is 11.9. The van der Waals surface area contributed by atoms with Crippen LogP contribution in [0, 0.1) is 18.6 Å². The summed E-state index contributed by atoms with van der Waals surface area (Å²) in [5.74, 6) is -1.01. The van der Waals surface area contributed by atoms with Crippen LogP contribution >= 0.6 is 22.9 Å². The van der Waals surface area contributed by atoms with E-state index in [0.717, 1.165) is 11.2 Å². The summed E-state index contributed by atoms with van der Waals surface area (Å²) in [6, 6.07) is 8.03. The number of anilines is 1. The Labute approximate surface area is 182 Å². The molecule has 0 spiro atoms. The van der Waals surface area contributed by atoms with Crippen LogP contribution in [0.3, 0.4) is 0 Å². The molecule has 0 bridgehead atoms. The van der Waals surface area contributed by atoms with Crippen LogP contribution in [0.2, 0.25) is 5.02 Å². The van der Waals surface area contributed by atoms with Gasteiger partial charge in [0.15, 0.2) is 5.13 Å². The number of aromatic nitrogens is 1. The van der Waals surface area contributed by atoms with Crippen LogP contribution in [0.4, 0.5) is 13.9 Å². The van der Waals surface area contributed by atoms with Gasteiger partial charge in [-0.05, 0) is 42.8 Å². The molecule has 158 valence electrons. The average Bonchev–Trinajstić information content (AvgIpc) is 3.19. The van der Waals surface area contributed by atoms with Crippen LogP contribution in [0.5, 0.6) is 0 Å². The van der Waals surface area contributed by atoms with E-state index in [9.17, 15) is 17.2 Å². The third-order valence-electron chi connectivity index (χ3n) is 4.93. The van der Waals surface area contributed by atoms with E-state index in [2.05, 4.69) is 4.98 Å². The summed E-state index contributed by atoms with van der Waals surface area (Å²) in [4.78, 5) is 6.54. The fourth-order valence-corrected chi connectivity index (χ4v) is 6.12. The molecular formula is C20H18ClF2N3O2S2. The largest absolute Gasteiger partial charge is 0.345 e. The van der Waals surface area contributed by atoms with Crippen LogP contribution in [-0.4, -0.2) is 43.9 Å². The molecule has 2 aromatic carbocycles. The topological polar surface area (TPSA) is 53.5 Å². The van der Waals surface area contributed by atoms with E-state index in [-0.39, 0.29) is 18.0 Å². The highest BCUT2D eigenvalue weighted by Crippen LogP contribution is 2.31. The highest BCUT2D eigenvalue weighted by atomic mass is 35.5. The van der Waals surface area contributed by atoms with Gasteiger partial charge in [0.2, 0.25) is 10.0 Å². The maximum atomic E-state index is 13.6. The van der Waals surface area contributed by atoms with Crippen molar-refractivity contribution < 1.29 is 17.2 Å². The lowest BCUT2D eigenvalue weighted by atomic mass is 10.2. The predicted octanol–water partition coefficient (Wildman–Crippen LogP) is 4.56. The number of thiazole rings is 1. The summed E-state index contributed by atoms with van der Waals surface area (Å²) >= 11 is 7.33. The van der Waals surface area contributed by atoms with Gasteiger partial charge in [-0.2, -0.15) is 4.31 Å². The number of aryl methyl sites for hydroxylation is 1. The second kappa shape index (κ2) is 8.22. The van der Waals surface area contributed by atoms with Crippen molar-refractivity contribution in [1.29, 1.82) is 0 Å². The van der Waals surface area contributed by atoms with E-state index in [1.165, 1.54) is 39.9 Å². The highest BCUT2D eigenvalue weighted by Gasteiger charge is 2.30. The van der Waals surface area contributed by atoms with Crippen LogP contribution < -0.4 is 4.90 Å². The predicted molar refractivity (Wildman–Crippen MR) is 115 cm³/mol. The van der Waals surface area contributed by atoms with Crippen molar-refractivity contribution in [2.24, 2.45) is 0 Å². The highest BCUT2D eigenvalue weighted by molar-refractivity contribution is 7.89. The third kappa shape index (κ3) is 4.20. The fourth-order valence-electron chi connectivity index (χ4n) is 3.35. The van der Waals surface area contributed by atoms with Gasteiger partial charge in [-0.1, -0.05) is 17.7 Å². The molecule has 3 aromatic rings. The average molecular weight is 470 g/mol. The van der Waals surface area contributed by atoms with Gasteiger partial charge in [-0.25, -0.2) is 22.2 Å². The Balaban J connectivity index is 1.49. The van der Waals surface area contributed by atoms with Gasteiger partial charge in [-0.3, -0.25) is 0 Å². The first-order valence-electron chi connectivity index (χ1n) is 9.17. The molecule has 1 saturated heterocycles. The maximum Gasteiger partial charge on any atom is 0.243 e. The number of piperazine rings is 1. The molecule has 0 saturated carbocycles. The SMILES string of the molecule is Cc1ccc(F)cc1S(=O)(=O)N1CCN(c2nc(-c3cc(F)cc(Cl)c3)cs2)CC1. The molecule has 0 radical (unpaired) electrons. The number of nitrogens with zero attached hydrogens (tertiary/aromatic N) is 3. The lowest BCUT2D eigenvalue weighted by Gasteiger charge is -2.34. The number of sulfonamides is 1. The van der Waals surface area contributed by atoms with Gasteiger partial charge < -0.3 is 4.90 Å². The molecule has 5 nitrogen and oxygen atoms in total. The van der Waals surface area contributed by atoms with E-state index in [1.807, 2.05) is 10.3 Å². The first kappa shape index (κ1) is 21.2. The Morgan fingerprint density at radius 1 is 1.03 bits per heavy atom. The Bertz CT molecular complexity index is 1170. The smallest absolute Gasteiger partial charge is 0.243 e.